The first-order valence-electron chi connectivity index (χ1n) is 8.09. The average molecular weight is 296 g/mol. The van der Waals surface area contributed by atoms with E-state index < -0.39 is 0 Å². The fraction of sp³-hybridized carbons (Fsp3) is 0.500. The fourth-order valence-corrected chi connectivity index (χ4v) is 4.21. The number of piperidine rings is 3. The lowest BCUT2D eigenvalue weighted by Crippen LogP contribution is -2.59. The van der Waals surface area contributed by atoms with Gasteiger partial charge in [-0.05, 0) is 44.0 Å². The summed E-state index contributed by atoms with van der Waals surface area (Å²) < 4.78 is 0. The molecule has 1 unspecified atom stereocenters. The van der Waals surface area contributed by atoms with Crippen molar-refractivity contribution in [3.05, 3.63) is 24.3 Å². The quantitative estimate of drug-likeness (QED) is 0.744. The molecule has 1 aromatic carbocycles. The van der Waals surface area contributed by atoms with E-state index in [0.29, 0.717) is 0 Å². The number of H-pyrrole nitrogens is 1. The van der Waals surface area contributed by atoms with Crippen LogP contribution in [0.3, 0.4) is 0 Å². The van der Waals surface area contributed by atoms with Crippen LogP contribution in [-0.4, -0.2) is 52.5 Å². The van der Waals surface area contributed by atoms with E-state index in [1.165, 1.54) is 25.9 Å². The molecule has 3 N–H and O–H groups in total. The Labute approximate surface area is 129 Å². The molecule has 114 valence electrons. The molecule has 1 spiro atoms. The summed E-state index contributed by atoms with van der Waals surface area (Å²) in [6.45, 7) is 4.52. The van der Waals surface area contributed by atoms with Gasteiger partial charge in [0.05, 0.1) is 16.6 Å². The molecule has 0 amide bonds. The Balaban J connectivity index is 1.41. The third-order valence-electron chi connectivity index (χ3n) is 5.37. The zero-order valence-corrected chi connectivity index (χ0v) is 12.5. The minimum absolute atomic E-state index is 0.0743. The number of aliphatic imine (C=N–C) groups is 1. The summed E-state index contributed by atoms with van der Waals surface area (Å²) in [5.41, 5.74) is 2.09. The molecule has 5 heterocycles. The van der Waals surface area contributed by atoms with Crippen LogP contribution in [0.25, 0.3) is 11.0 Å². The van der Waals surface area contributed by atoms with Crippen molar-refractivity contribution in [1.29, 1.82) is 0 Å². The first-order valence-corrected chi connectivity index (χ1v) is 8.09. The van der Waals surface area contributed by atoms with Gasteiger partial charge in [0.1, 0.15) is 0 Å². The van der Waals surface area contributed by atoms with E-state index in [2.05, 4.69) is 25.5 Å². The van der Waals surface area contributed by atoms with E-state index in [-0.39, 0.29) is 5.54 Å². The number of aromatic amines is 1. The van der Waals surface area contributed by atoms with Crippen molar-refractivity contribution in [1.82, 2.24) is 20.2 Å². The van der Waals surface area contributed by atoms with Gasteiger partial charge < -0.3 is 15.2 Å². The van der Waals surface area contributed by atoms with Crippen molar-refractivity contribution >= 4 is 22.9 Å². The smallest absolute Gasteiger partial charge is 0.208 e. The van der Waals surface area contributed by atoms with Crippen molar-refractivity contribution in [2.45, 2.75) is 18.4 Å². The minimum Gasteiger partial charge on any atom is -0.354 e. The lowest BCUT2D eigenvalue weighted by molar-refractivity contribution is 0.0374. The minimum atomic E-state index is 0.0743. The number of para-hydroxylation sites is 2. The summed E-state index contributed by atoms with van der Waals surface area (Å²) in [6, 6.07) is 8.06. The monoisotopic (exact) mass is 296 g/mol. The van der Waals surface area contributed by atoms with Crippen molar-refractivity contribution < 1.29 is 0 Å². The first kappa shape index (κ1) is 12.5. The van der Waals surface area contributed by atoms with E-state index >= 15 is 0 Å². The molecule has 1 atom stereocenters. The third kappa shape index (κ3) is 1.83. The molecule has 0 radical (unpaired) electrons. The fourth-order valence-electron chi connectivity index (χ4n) is 4.21. The van der Waals surface area contributed by atoms with Crippen LogP contribution < -0.4 is 10.6 Å². The molecular weight excluding hydrogens is 276 g/mol. The molecule has 22 heavy (non-hydrogen) atoms. The Bertz CT molecular complexity index is 709. The zero-order valence-electron chi connectivity index (χ0n) is 12.5. The normalized spacial score (nSPS) is 33.2. The molecule has 2 bridgehead atoms. The second-order valence-corrected chi connectivity index (χ2v) is 6.70. The Kier molecular flexibility index (Phi) is 2.52. The summed E-state index contributed by atoms with van der Waals surface area (Å²) >= 11 is 0. The highest BCUT2D eigenvalue weighted by Crippen LogP contribution is 2.39. The van der Waals surface area contributed by atoms with Gasteiger partial charge in [-0.3, -0.25) is 5.32 Å². The Hall–Kier alpha value is -2.08. The van der Waals surface area contributed by atoms with Crippen LogP contribution in [0.5, 0.6) is 0 Å². The first-order chi connectivity index (χ1) is 10.8. The average Bonchev–Trinajstić information content (AvgIpc) is 3.12. The van der Waals surface area contributed by atoms with Gasteiger partial charge >= 0.3 is 0 Å². The number of hydrogen-bond donors (Lipinski definition) is 3. The lowest BCUT2D eigenvalue weighted by atomic mass is 9.73. The molecular formula is C16H20N6. The highest BCUT2D eigenvalue weighted by molar-refractivity contribution is 5.95. The number of aromatic nitrogens is 2. The largest absolute Gasteiger partial charge is 0.354 e. The molecule has 4 aliphatic rings. The topological polar surface area (TPSA) is 68.3 Å². The number of rotatable bonds is 1. The maximum atomic E-state index is 5.02. The van der Waals surface area contributed by atoms with Gasteiger partial charge in [-0.15, -0.1) is 0 Å². The number of anilines is 1. The van der Waals surface area contributed by atoms with Crippen molar-refractivity contribution in [3.8, 4) is 0 Å². The molecule has 1 aromatic heterocycles. The van der Waals surface area contributed by atoms with Crippen LogP contribution in [-0.2, 0) is 0 Å². The Morgan fingerprint density at radius 1 is 1.23 bits per heavy atom. The lowest BCUT2D eigenvalue weighted by Gasteiger charge is -2.49. The highest BCUT2D eigenvalue weighted by atomic mass is 15.3. The molecule has 4 aliphatic heterocycles. The van der Waals surface area contributed by atoms with E-state index in [9.17, 15) is 0 Å². The maximum absolute atomic E-state index is 5.02. The number of nitrogens with one attached hydrogen (secondary N) is 3. The van der Waals surface area contributed by atoms with Gasteiger partial charge in [0.15, 0.2) is 5.96 Å². The second kappa shape index (κ2) is 4.46. The number of hydrogen-bond acceptors (Lipinski definition) is 5. The number of imidazole rings is 1. The SMILES string of the molecule is c1ccc2[nH]c(NC3=NC4(CN3)CN3CCC4CC3)nc2c1. The number of guanidine groups is 1. The van der Waals surface area contributed by atoms with Crippen LogP contribution >= 0.6 is 0 Å². The van der Waals surface area contributed by atoms with Gasteiger partial charge in [-0.1, -0.05) is 12.1 Å². The van der Waals surface area contributed by atoms with Crippen LogP contribution in [0.1, 0.15) is 12.8 Å². The van der Waals surface area contributed by atoms with E-state index in [4.69, 9.17) is 4.99 Å². The summed E-state index contributed by atoms with van der Waals surface area (Å²) in [5.74, 6) is 2.33. The van der Waals surface area contributed by atoms with E-state index in [1.807, 2.05) is 24.3 Å². The predicted octanol–water partition coefficient (Wildman–Crippen LogP) is 1.40. The molecule has 6 rings (SSSR count). The van der Waals surface area contributed by atoms with Gasteiger partial charge in [-0.25, -0.2) is 9.98 Å². The standard InChI is InChI=1S/C16H20N6/c1-2-4-13-12(3-1)18-15(19-13)20-14-17-9-16(21-14)10-22-7-5-11(16)6-8-22/h1-4,11H,5-10H2,(H3,17,18,19,20,21). The van der Waals surface area contributed by atoms with Crippen molar-refractivity contribution in [3.63, 3.8) is 0 Å². The van der Waals surface area contributed by atoms with Gasteiger partial charge in [0, 0.05) is 13.1 Å². The van der Waals surface area contributed by atoms with Gasteiger partial charge in [0.2, 0.25) is 5.95 Å². The molecule has 2 aromatic rings. The maximum Gasteiger partial charge on any atom is 0.208 e. The van der Waals surface area contributed by atoms with Crippen LogP contribution in [0.2, 0.25) is 0 Å². The second-order valence-electron chi connectivity index (χ2n) is 6.70. The summed E-state index contributed by atoms with van der Waals surface area (Å²) in [7, 11) is 0. The summed E-state index contributed by atoms with van der Waals surface area (Å²) in [6.07, 6.45) is 2.56. The molecule has 0 aliphatic carbocycles. The van der Waals surface area contributed by atoms with Crippen molar-refractivity contribution in [2.75, 3.05) is 31.5 Å². The zero-order chi connectivity index (χ0) is 14.6. The third-order valence-corrected chi connectivity index (χ3v) is 5.37. The molecule has 6 nitrogen and oxygen atoms in total. The molecule has 6 heteroatoms. The van der Waals surface area contributed by atoms with Crippen LogP contribution in [0, 0.1) is 5.92 Å². The molecule has 3 saturated heterocycles. The predicted molar refractivity (Wildman–Crippen MR) is 87.0 cm³/mol. The Morgan fingerprint density at radius 2 is 2.09 bits per heavy atom. The van der Waals surface area contributed by atoms with Gasteiger partial charge in [0.25, 0.3) is 0 Å². The van der Waals surface area contributed by atoms with Crippen LogP contribution in [0.15, 0.2) is 29.3 Å². The van der Waals surface area contributed by atoms with Crippen molar-refractivity contribution in [2.24, 2.45) is 10.9 Å². The number of fused-ring (bicyclic) bond motifs is 3. The summed E-state index contributed by atoms with van der Waals surface area (Å²) in [5, 5.41) is 6.76. The van der Waals surface area contributed by atoms with Crippen LogP contribution in [0.4, 0.5) is 5.95 Å². The number of nitrogens with zero attached hydrogens (tertiary/aromatic N) is 3. The van der Waals surface area contributed by atoms with Gasteiger partial charge in [-0.2, -0.15) is 0 Å². The molecule has 3 fully saturated rings. The molecule has 0 saturated carbocycles. The van der Waals surface area contributed by atoms with E-state index in [1.54, 1.807) is 0 Å². The highest BCUT2D eigenvalue weighted by Gasteiger charge is 2.49. The van der Waals surface area contributed by atoms with E-state index in [0.717, 1.165) is 41.9 Å². The Morgan fingerprint density at radius 3 is 2.86 bits per heavy atom. The summed E-state index contributed by atoms with van der Waals surface area (Å²) in [4.78, 5) is 15.4. The number of benzene rings is 1.